The maximum Gasteiger partial charge on any atom is 0.224 e. The Morgan fingerprint density at radius 1 is 1.38 bits per heavy atom. The summed E-state index contributed by atoms with van der Waals surface area (Å²) in [6.07, 6.45) is 2.82. The fourth-order valence-electron chi connectivity index (χ4n) is 2.44. The maximum atomic E-state index is 11.9. The lowest BCUT2D eigenvalue weighted by atomic mass is 9.80. The van der Waals surface area contributed by atoms with Crippen LogP contribution in [0, 0.1) is 17.2 Å². The Bertz CT molecular complexity index is 501. The summed E-state index contributed by atoms with van der Waals surface area (Å²) in [4.78, 5) is 11.9. The molecule has 1 N–H and O–H groups in total. The molecule has 0 aliphatic heterocycles. The fraction of sp³-hybridized carbons (Fsp3) is 0.500. The van der Waals surface area contributed by atoms with E-state index in [0.29, 0.717) is 24.2 Å². The summed E-state index contributed by atoms with van der Waals surface area (Å²) in [6, 6.07) is 8.93. The molecule has 0 radical (unpaired) electrons. The second-order valence-electron chi connectivity index (χ2n) is 5.14. The minimum Gasteiger partial charge on any atom is -0.479 e. The third kappa shape index (κ3) is 4.76. The summed E-state index contributed by atoms with van der Waals surface area (Å²) >= 11 is 0. The molecule has 5 heteroatoms. The molecule has 1 aromatic rings. The zero-order valence-corrected chi connectivity index (χ0v) is 12.2. The van der Waals surface area contributed by atoms with Gasteiger partial charge in [0.1, 0.15) is 11.8 Å². The molecule has 1 aromatic carbocycles. The SMILES string of the molecule is CCOC1CC(CC(=O)Nc2ccc(OCC#N)cc2)C1. The van der Waals surface area contributed by atoms with Crippen molar-refractivity contribution in [3.8, 4) is 11.8 Å². The van der Waals surface area contributed by atoms with Crippen LogP contribution in [0.5, 0.6) is 5.75 Å². The van der Waals surface area contributed by atoms with Crippen LogP contribution in [0.1, 0.15) is 26.2 Å². The van der Waals surface area contributed by atoms with Crippen LogP contribution in [0.4, 0.5) is 5.69 Å². The van der Waals surface area contributed by atoms with Gasteiger partial charge in [-0.2, -0.15) is 5.26 Å². The minimum atomic E-state index is 0.0222. The van der Waals surface area contributed by atoms with Crippen LogP contribution >= 0.6 is 0 Å². The smallest absolute Gasteiger partial charge is 0.224 e. The van der Waals surface area contributed by atoms with Crippen LogP contribution in [0.3, 0.4) is 0 Å². The van der Waals surface area contributed by atoms with Gasteiger partial charge in [-0.25, -0.2) is 0 Å². The third-order valence-electron chi connectivity index (χ3n) is 3.51. The number of hydrogen-bond acceptors (Lipinski definition) is 4. The van der Waals surface area contributed by atoms with E-state index in [1.165, 1.54) is 0 Å². The number of carbonyl (C=O) groups is 1. The lowest BCUT2D eigenvalue weighted by Gasteiger charge is -2.34. The number of rotatable bonds is 7. The normalized spacial score (nSPS) is 20.2. The van der Waals surface area contributed by atoms with Crippen LogP contribution in [0.15, 0.2) is 24.3 Å². The maximum absolute atomic E-state index is 11.9. The molecule has 0 spiro atoms. The van der Waals surface area contributed by atoms with Crippen molar-refractivity contribution in [2.45, 2.75) is 32.3 Å². The molecule has 1 amide bonds. The number of ether oxygens (including phenoxy) is 2. The van der Waals surface area contributed by atoms with Gasteiger partial charge in [-0.15, -0.1) is 0 Å². The lowest BCUT2D eigenvalue weighted by Crippen LogP contribution is -2.33. The fourth-order valence-corrected chi connectivity index (χ4v) is 2.44. The molecule has 21 heavy (non-hydrogen) atoms. The van der Waals surface area contributed by atoms with E-state index in [-0.39, 0.29) is 12.5 Å². The summed E-state index contributed by atoms with van der Waals surface area (Å²) < 4.78 is 10.6. The van der Waals surface area contributed by atoms with Gasteiger partial charge in [-0.05, 0) is 49.9 Å². The number of benzene rings is 1. The summed E-state index contributed by atoms with van der Waals surface area (Å²) in [5.41, 5.74) is 0.741. The Kier molecular flexibility index (Phi) is 5.59. The van der Waals surface area contributed by atoms with Crippen molar-refractivity contribution in [1.82, 2.24) is 0 Å². The molecule has 1 aliphatic carbocycles. The van der Waals surface area contributed by atoms with Gasteiger partial charge in [0.2, 0.25) is 5.91 Å². The number of nitrogens with one attached hydrogen (secondary N) is 1. The Hall–Kier alpha value is -2.06. The molecule has 0 saturated heterocycles. The monoisotopic (exact) mass is 288 g/mol. The summed E-state index contributed by atoms with van der Waals surface area (Å²) in [5, 5.41) is 11.3. The molecule has 112 valence electrons. The standard InChI is InChI=1S/C16H20N2O3/c1-2-20-15-9-12(10-15)11-16(19)18-13-3-5-14(6-4-13)21-8-7-17/h3-6,12,15H,2,8-11H2,1H3,(H,18,19). The Morgan fingerprint density at radius 3 is 2.71 bits per heavy atom. The zero-order valence-electron chi connectivity index (χ0n) is 12.2. The number of nitriles is 1. The highest BCUT2D eigenvalue weighted by molar-refractivity contribution is 5.90. The van der Waals surface area contributed by atoms with E-state index in [1.54, 1.807) is 24.3 Å². The van der Waals surface area contributed by atoms with Gasteiger partial charge in [0.05, 0.1) is 6.10 Å². The van der Waals surface area contributed by atoms with Crippen molar-refractivity contribution in [3.05, 3.63) is 24.3 Å². The zero-order chi connectivity index (χ0) is 15.1. The minimum absolute atomic E-state index is 0.0222. The van der Waals surface area contributed by atoms with Gasteiger partial charge in [0.25, 0.3) is 0 Å². The first-order valence-corrected chi connectivity index (χ1v) is 7.22. The highest BCUT2D eigenvalue weighted by Gasteiger charge is 2.30. The van der Waals surface area contributed by atoms with Gasteiger partial charge < -0.3 is 14.8 Å². The molecular weight excluding hydrogens is 268 g/mol. The van der Waals surface area contributed by atoms with Crippen molar-refractivity contribution in [1.29, 1.82) is 5.26 Å². The number of nitrogens with zero attached hydrogens (tertiary/aromatic N) is 1. The average Bonchev–Trinajstić information content (AvgIpc) is 2.44. The first-order valence-electron chi connectivity index (χ1n) is 7.22. The van der Waals surface area contributed by atoms with E-state index in [1.807, 2.05) is 13.0 Å². The van der Waals surface area contributed by atoms with Gasteiger partial charge in [0.15, 0.2) is 6.61 Å². The first-order chi connectivity index (χ1) is 10.2. The van der Waals surface area contributed by atoms with E-state index in [0.717, 1.165) is 25.1 Å². The predicted octanol–water partition coefficient (Wildman–Crippen LogP) is 2.73. The molecular formula is C16H20N2O3. The largest absolute Gasteiger partial charge is 0.479 e. The topological polar surface area (TPSA) is 71.3 Å². The van der Waals surface area contributed by atoms with Crippen molar-refractivity contribution >= 4 is 11.6 Å². The number of carbonyl (C=O) groups excluding carboxylic acids is 1. The average molecular weight is 288 g/mol. The highest BCUT2D eigenvalue weighted by Crippen LogP contribution is 2.32. The van der Waals surface area contributed by atoms with Gasteiger partial charge >= 0.3 is 0 Å². The van der Waals surface area contributed by atoms with Crippen LogP contribution in [-0.2, 0) is 9.53 Å². The second kappa shape index (κ2) is 7.65. The molecule has 2 rings (SSSR count). The molecule has 1 fully saturated rings. The molecule has 0 aromatic heterocycles. The molecule has 1 saturated carbocycles. The van der Waals surface area contributed by atoms with E-state index in [9.17, 15) is 4.79 Å². The number of amides is 1. The van der Waals surface area contributed by atoms with Crippen LogP contribution in [-0.4, -0.2) is 25.2 Å². The molecule has 1 aliphatic rings. The van der Waals surface area contributed by atoms with Crippen molar-refractivity contribution in [3.63, 3.8) is 0 Å². The van der Waals surface area contributed by atoms with Crippen molar-refractivity contribution in [2.24, 2.45) is 5.92 Å². The molecule has 5 nitrogen and oxygen atoms in total. The van der Waals surface area contributed by atoms with Crippen LogP contribution in [0.25, 0.3) is 0 Å². The van der Waals surface area contributed by atoms with E-state index in [2.05, 4.69) is 5.32 Å². The Balaban J connectivity index is 1.72. The van der Waals surface area contributed by atoms with Gasteiger partial charge in [0, 0.05) is 18.7 Å². The Labute approximate surface area is 124 Å². The predicted molar refractivity (Wildman–Crippen MR) is 78.9 cm³/mol. The van der Waals surface area contributed by atoms with Gasteiger partial charge in [-0.1, -0.05) is 0 Å². The van der Waals surface area contributed by atoms with Crippen molar-refractivity contribution in [2.75, 3.05) is 18.5 Å². The number of hydrogen-bond donors (Lipinski definition) is 1. The molecule has 0 heterocycles. The molecule has 0 atom stereocenters. The van der Waals surface area contributed by atoms with E-state index < -0.39 is 0 Å². The molecule has 0 unspecified atom stereocenters. The number of anilines is 1. The lowest BCUT2D eigenvalue weighted by molar-refractivity contribution is -0.119. The highest BCUT2D eigenvalue weighted by atomic mass is 16.5. The first kappa shape index (κ1) is 15.3. The van der Waals surface area contributed by atoms with Gasteiger partial charge in [-0.3, -0.25) is 4.79 Å². The Morgan fingerprint density at radius 2 is 2.10 bits per heavy atom. The van der Waals surface area contributed by atoms with E-state index in [4.69, 9.17) is 14.7 Å². The van der Waals surface area contributed by atoms with Crippen molar-refractivity contribution < 1.29 is 14.3 Å². The van der Waals surface area contributed by atoms with E-state index >= 15 is 0 Å². The second-order valence-corrected chi connectivity index (χ2v) is 5.14. The quantitative estimate of drug-likeness (QED) is 0.837. The summed E-state index contributed by atoms with van der Waals surface area (Å²) in [5.74, 6) is 1.08. The third-order valence-corrected chi connectivity index (χ3v) is 3.51. The van der Waals surface area contributed by atoms with Crippen LogP contribution in [0.2, 0.25) is 0 Å². The van der Waals surface area contributed by atoms with Crippen LogP contribution < -0.4 is 10.1 Å². The summed E-state index contributed by atoms with van der Waals surface area (Å²) in [6.45, 7) is 2.75. The molecule has 0 bridgehead atoms. The summed E-state index contributed by atoms with van der Waals surface area (Å²) in [7, 11) is 0.